The van der Waals surface area contributed by atoms with Crippen LogP contribution in [0, 0.1) is 6.92 Å². The molecule has 1 aromatic carbocycles. The van der Waals surface area contributed by atoms with Crippen LogP contribution in [-0.4, -0.2) is 27.3 Å². The van der Waals surface area contributed by atoms with Crippen LogP contribution in [0.15, 0.2) is 24.5 Å². The minimum atomic E-state index is 0.0193. The number of hydrogen-bond acceptors (Lipinski definition) is 2. The van der Waals surface area contributed by atoms with Gasteiger partial charge < -0.3 is 9.88 Å². The van der Waals surface area contributed by atoms with Gasteiger partial charge in [0.1, 0.15) is 0 Å². The van der Waals surface area contributed by atoms with Crippen molar-refractivity contribution in [1.29, 1.82) is 0 Å². The highest BCUT2D eigenvalue weighted by atomic mass is 35.5. The highest BCUT2D eigenvalue weighted by Crippen LogP contribution is 2.20. The number of imidazole rings is 1. The summed E-state index contributed by atoms with van der Waals surface area (Å²) in [5.74, 6) is 0.0193. The van der Waals surface area contributed by atoms with Crippen LogP contribution in [-0.2, 0) is 13.0 Å². The molecule has 0 fully saturated rings. The number of fused-ring (bicyclic) bond motifs is 1. The molecule has 1 N–H and O–H groups in total. The van der Waals surface area contributed by atoms with E-state index in [4.69, 9.17) is 11.6 Å². The summed E-state index contributed by atoms with van der Waals surface area (Å²) in [5.41, 5.74) is 3.73. The molecular weight excluding hydrogens is 262 g/mol. The molecule has 4 nitrogen and oxygen atoms in total. The molecule has 0 atom stereocenters. The van der Waals surface area contributed by atoms with Gasteiger partial charge in [-0.25, -0.2) is 4.98 Å². The Kier molecular flexibility index (Phi) is 3.03. The number of rotatable bonds is 1. The lowest BCUT2D eigenvalue weighted by atomic mass is 10.1. The number of amides is 1. The van der Waals surface area contributed by atoms with Crippen LogP contribution in [0.4, 0.5) is 0 Å². The van der Waals surface area contributed by atoms with Crippen LogP contribution < -0.4 is 0 Å². The Hall–Kier alpha value is -1.81. The van der Waals surface area contributed by atoms with E-state index in [2.05, 4.69) is 9.97 Å². The summed E-state index contributed by atoms with van der Waals surface area (Å²) >= 11 is 6.01. The average molecular weight is 276 g/mol. The van der Waals surface area contributed by atoms with Gasteiger partial charge in [0.25, 0.3) is 5.91 Å². The molecule has 2 aromatic rings. The normalized spacial score (nSPS) is 14.3. The Morgan fingerprint density at radius 2 is 2.26 bits per heavy atom. The number of aromatic amines is 1. The predicted octanol–water partition coefficient (Wildman–Crippen LogP) is 2.57. The zero-order valence-electron chi connectivity index (χ0n) is 10.6. The van der Waals surface area contributed by atoms with Crippen molar-refractivity contribution in [2.45, 2.75) is 19.9 Å². The second-order valence-electron chi connectivity index (χ2n) is 4.82. The molecule has 0 unspecified atom stereocenters. The van der Waals surface area contributed by atoms with Crippen molar-refractivity contribution in [2.24, 2.45) is 0 Å². The van der Waals surface area contributed by atoms with Crippen LogP contribution in [0.1, 0.15) is 27.3 Å². The zero-order chi connectivity index (χ0) is 13.4. The minimum absolute atomic E-state index is 0.0193. The topological polar surface area (TPSA) is 49.0 Å². The number of carbonyl (C=O) groups excluding carboxylic acids is 1. The number of carbonyl (C=O) groups is 1. The highest BCUT2D eigenvalue weighted by Gasteiger charge is 2.23. The van der Waals surface area contributed by atoms with Crippen LogP contribution in [0.25, 0.3) is 0 Å². The lowest BCUT2D eigenvalue weighted by Crippen LogP contribution is -2.36. The molecule has 0 saturated heterocycles. The van der Waals surface area contributed by atoms with E-state index >= 15 is 0 Å². The molecule has 19 heavy (non-hydrogen) atoms. The number of benzene rings is 1. The maximum Gasteiger partial charge on any atom is 0.254 e. The van der Waals surface area contributed by atoms with Gasteiger partial charge in [-0.2, -0.15) is 0 Å². The van der Waals surface area contributed by atoms with E-state index in [1.165, 1.54) is 0 Å². The first-order valence-corrected chi connectivity index (χ1v) is 6.59. The number of nitrogens with one attached hydrogen (secondary N) is 1. The zero-order valence-corrected chi connectivity index (χ0v) is 11.4. The average Bonchev–Trinajstić information content (AvgIpc) is 2.83. The van der Waals surface area contributed by atoms with Crippen molar-refractivity contribution in [3.05, 3.63) is 52.1 Å². The fourth-order valence-electron chi connectivity index (χ4n) is 2.43. The number of nitrogens with zero attached hydrogens (tertiary/aromatic N) is 2. The van der Waals surface area contributed by atoms with Crippen molar-refractivity contribution in [1.82, 2.24) is 14.9 Å². The maximum absolute atomic E-state index is 12.5. The van der Waals surface area contributed by atoms with Gasteiger partial charge in [-0.05, 0) is 30.7 Å². The lowest BCUT2D eigenvalue weighted by molar-refractivity contribution is 0.0732. The highest BCUT2D eigenvalue weighted by molar-refractivity contribution is 6.31. The predicted molar refractivity (Wildman–Crippen MR) is 73.2 cm³/mol. The van der Waals surface area contributed by atoms with Gasteiger partial charge in [-0.3, -0.25) is 4.79 Å². The third-order valence-electron chi connectivity index (χ3n) is 3.35. The summed E-state index contributed by atoms with van der Waals surface area (Å²) in [7, 11) is 0. The Balaban J connectivity index is 1.85. The van der Waals surface area contributed by atoms with Crippen molar-refractivity contribution in [2.75, 3.05) is 6.54 Å². The van der Waals surface area contributed by atoms with E-state index in [1.807, 2.05) is 24.0 Å². The van der Waals surface area contributed by atoms with Crippen LogP contribution in [0.2, 0.25) is 5.02 Å². The van der Waals surface area contributed by atoms with Crippen LogP contribution in [0.5, 0.6) is 0 Å². The third-order valence-corrected chi connectivity index (χ3v) is 3.57. The summed E-state index contributed by atoms with van der Waals surface area (Å²) < 4.78 is 0. The minimum Gasteiger partial charge on any atom is -0.347 e. The molecule has 0 spiro atoms. The first kappa shape index (κ1) is 12.2. The van der Waals surface area contributed by atoms with E-state index in [-0.39, 0.29) is 5.91 Å². The van der Waals surface area contributed by atoms with Crippen LogP contribution in [0.3, 0.4) is 0 Å². The molecule has 0 saturated carbocycles. The fourth-order valence-corrected chi connectivity index (χ4v) is 2.72. The van der Waals surface area contributed by atoms with E-state index in [0.29, 0.717) is 23.7 Å². The molecular formula is C14H14ClN3O. The van der Waals surface area contributed by atoms with Crippen molar-refractivity contribution in [3.63, 3.8) is 0 Å². The van der Waals surface area contributed by atoms with Crippen LogP contribution >= 0.6 is 11.6 Å². The number of H-pyrrole nitrogens is 1. The van der Waals surface area contributed by atoms with Gasteiger partial charge in [-0.1, -0.05) is 11.6 Å². The SMILES string of the molecule is Cc1cc(Cl)cc(C(=O)N2CCc3nc[nH]c3C2)c1. The lowest BCUT2D eigenvalue weighted by Gasteiger charge is -2.26. The summed E-state index contributed by atoms with van der Waals surface area (Å²) in [6.07, 6.45) is 2.48. The van der Waals surface area contributed by atoms with E-state index in [9.17, 15) is 4.79 Å². The number of aromatic nitrogens is 2. The third kappa shape index (κ3) is 2.36. The molecule has 1 aliphatic rings. The van der Waals surface area contributed by atoms with Gasteiger partial charge in [0, 0.05) is 23.6 Å². The second-order valence-corrected chi connectivity index (χ2v) is 5.26. The monoisotopic (exact) mass is 275 g/mol. The largest absolute Gasteiger partial charge is 0.347 e. The molecule has 1 aliphatic heterocycles. The van der Waals surface area contributed by atoms with Crippen molar-refractivity contribution in [3.8, 4) is 0 Å². The van der Waals surface area contributed by atoms with E-state index in [0.717, 1.165) is 23.4 Å². The molecule has 0 aliphatic carbocycles. The van der Waals surface area contributed by atoms with E-state index in [1.54, 1.807) is 12.4 Å². The number of hydrogen-bond donors (Lipinski definition) is 1. The number of halogens is 1. The van der Waals surface area contributed by atoms with Crippen molar-refractivity contribution < 1.29 is 4.79 Å². The fraction of sp³-hybridized carbons (Fsp3) is 0.286. The Morgan fingerprint density at radius 1 is 1.42 bits per heavy atom. The Morgan fingerprint density at radius 3 is 3.05 bits per heavy atom. The quantitative estimate of drug-likeness (QED) is 0.870. The van der Waals surface area contributed by atoms with Gasteiger partial charge in [0.15, 0.2) is 0 Å². The van der Waals surface area contributed by atoms with E-state index < -0.39 is 0 Å². The summed E-state index contributed by atoms with van der Waals surface area (Å²) in [5, 5.41) is 0.600. The molecule has 2 heterocycles. The molecule has 1 amide bonds. The summed E-state index contributed by atoms with van der Waals surface area (Å²) in [6.45, 7) is 3.22. The van der Waals surface area contributed by atoms with Crippen molar-refractivity contribution >= 4 is 17.5 Å². The maximum atomic E-state index is 12.5. The standard InChI is InChI=1S/C14H14ClN3O/c1-9-4-10(6-11(15)5-9)14(19)18-3-2-12-13(7-18)17-8-16-12/h4-6,8H,2-3,7H2,1H3,(H,16,17). The molecule has 5 heteroatoms. The van der Waals surface area contributed by atoms with Gasteiger partial charge in [-0.15, -0.1) is 0 Å². The van der Waals surface area contributed by atoms with Gasteiger partial charge >= 0.3 is 0 Å². The Bertz CT molecular complexity index is 615. The molecule has 0 radical (unpaired) electrons. The number of aryl methyl sites for hydroxylation is 1. The first-order valence-electron chi connectivity index (χ1n) is 6.21. The van der Waals surface area contributed by atoms with Gasteiger partial charge in [0.2, 0.25) is 0 Å². The molecule has 0 bridgehead atoms. The molecule has 1 aromatic heterocycles. The second kappa shape index (κ2) is 4.70. The molecule has 98 valence electrons. The molecule has 3 rings (SSSR count). The van der Waals surface area contributed by atoms with Gasteiger partial charge in [0.05, 0.1) is 24.3 Å². The smallest absolute Gasteiger partial charge is 0.254 e. The Labute approximate surface area is 116 Å². The summed E-state index contributed by atoms with van der Waals surface area (Å²) in [4.78, 5) is 21.6. The first-order chi connectivity index (χ1) is 9.13. The summed E-state index contributed by atoms with van der Waals surface area (Å²) in [6, 6.07) is 5.44.